The maximum absolute atomic E-state index is 12.3. The molecule has 0 bridgehead atoms. The number of rotatable bonds is 6. The minimum Gasteiger partial charge on any atom is -0.548 e. The molecule has 0 unspecified atom stereocenters. The van der Waals surface area contributed by atoms with Crippen LogP contribution in [0.1, 0.15) is 11.1 Å². The van der Waals surface area contributed by atoms with Gasteiger partial charge in [-0.1, -0.05) is 59.8 Å². The molecule has 1 heterocycles. The van der Waals surface area contributed by atoms with Crippen LogP contribution in [0.2, 0.25) is 5.02 Å². The molecule has 138 valence electrons. The number of thioether (sulfide) groups is 1. The molecule has 1 amide bonds. The minimum atomic E-state index is -1.36. The van der Waals surface area contributed by atoms with Gasteiger partial charge in [0.2, 0.25) is 0 Å². The van der Waals surface area contributed by atoms with Crippen molar-refractivity contribution >= 4 is 57.9 Å². The van der Waals surface area contributed by atoms with Gasteiger partial charge in [-0.25, -0.2) is 0 Å². The van der Waals surface area contributed by atoms with Crippen LogP contribution in [0.15, 0.2) is 53.4 Å². The molecule has 27 heavy (non-hydrogen) atoms. The van der Waals surface area contributed by atoms with Crippen molar-refractivity contribution in [3.8, 4) is 5.75 Å². The van der Waals surface area contributed by atoms with Crippen molar-refractivity contribution in [2.75, 3.05) is 6.54 Å². The Morgan fingerprint density at radius 3 is 2.70 bits per heavy atom. The van der Waals surface area contributed by atoms with Crippen molar-refractivity contribution in [2.45, 2.75) is 6.61 Å². The van der Waals surface area contributed by atoms with Crippen LogP contribution in [0.25, 0.3) is 6.08 Å². The lowest BCUT2D eigenvalue weighted by Gasteiger charge is -2.14. The van der Waals surface area contributed by atoms with Crippen molar-refractivity contribution in [3.05, 3.63) is 69.6 Å². The van der Waals surface area contributed by atoms with E-state index >= 15 is 0 Å². The van der Waals surface area contributed by atoms with E-state index in [0.29, 0.717) is 22.3 Å². The molecule has 2 aromatic carbocycles. The van der Waals surface area contributed by atoms with E-state index in [4.69, 9.17) is 28.6 Å². The van der Waals surface area contributed by atoms with Gasteiger partial charge in [-0.3, -0.25) is 9.69 Å². The summed E-state index contributed by atoms with van der Waals surface area (Å²) in [5, 5.41) is 11.4. The Morgan fingerprint density at radius 1 is 1.26 bits per heavy atom. The van der Waals surface area contributed by atoms with Gasteiger partial charge in [0.25, 0.3) is 5.91 Å². The molecule has 1 aliphatic rings. The average Bonchev–Trinajstić information content (AvgIpc) is 2.89. The number of carboxylic acids is 1. The summed E-state index contributed by atoms with van der Waals surface area (Å²) in [5.41, 5.74) is 1.73. The highest BCUT2D eigenvalue weighted by atomic mass is 35.5. The summed E-state index contributed by atoms with van der Waals surface area (Å²) in [6.07, 6.45) is 1.66. The summed E-state index contributed by atoms with van der Waals surface area (Å²) in [6, 6.07) is 14.6. The lowest BCUT2D eigenvalue weighted by molar-refractivity contribution is -0.305. The molecule has 3 rings (SSSR count). The number of hydrogen-bond donors (Lipinski definition) is 0. The Bertz CT molecular complexity index is 928. The lowest BCUT2D eigenvalue weighted by Crippen LogP contribution is -2.40. The van der Waals surface area contributed by atoms with Gasteiger partial charge >= 0.3 is 0 Å². The van der Waals surface area contributed by atoms with Crippen molar-refractivity contribution in [1.29, 1.82) is 0 Å². The van der Waals surface area contributed by atoms with E-state index < -0.39 is 18.4 Å². The lowest BCUT2D eigenvalue weighted by atomic mass is 10.2. The molecule has 1 saturated heterocycles. The van der Waals surface area contributed by atoms with Gasteiger partial charge in [0.15, 0.2) is 0 Å². The average molecular weight is 419 g/mol. The first kappa shape index (κ1) is 19.4. The zero-order valence-corrected chi connectivity index (χ0v) is 16.3. The van der Waals surface area contributed by atoms with Gasteiger partial charge in [-0.15, -0.1) is 0 Å². The highest BCUT2D eigenvalue weighted by molar-refractivity contribution is 8.26. The first-order valence-corrected chi connectivity index (χ1v) is 9.45. The molecule has 8 heteroatoms. The summed E-state index contributed by atoms with van der Waals surface area (Å²) in [6.45, 7) is -0.166. The van der Waals surface area contributed by atoms with Gasteiger partial charge in [-0.05, 0) is 41.5 Å². The van der Waals surface area contributed by atoms with Crippen LogP contribution in [0.3, 0.4) is 0 Å². The fourth-order valence-corrected chi connectivity index (χ4v) is 3.74. The van der Waals surface area contributed by atoms with Crippen molar-refractivity contribution < 1.29 is 19.4 Å². The fourth-order valence-electron chi connectivity index (χ4n) is 2.36. The van der Waals surface area contributed by atoms with Gasteiger partial charge in [0.05, 0.1) is 17.4 Å². The third kappa shape index (κ3) is 5.09. The molecule has 0 aromatic heterocycles. The Balaban J connectivity index is 1.71. The first-order chi connectivity index (χ1) is 12.9. The standard InChI is InChI=1S/C19H14ClNO4S2/c20-14-6-4-12(5-7-14)11-25-15-3-1-2-13(8-15)9-16-18(24)21(10-17(22)23)19(26)27-16/h1-9H,10-11H2,(H,22,23)/p-1/b16-9+. The van der Waals surface area contributed by atoms with Crippen molar-refractivity contribution in [1.82, 2.24) is 4.90 Å². The zero-order chi connectivity index (χ0) is 19.4. The predicted octanol–water partition coefficient (Wildman–Crippen LogP) is 2.87. The van der Waals surface area contributed by atoms with E-state index in [2.05, 4.69) is 0 Å². The Kier molecular flexibility index (Phi) is 6.15. The van der Waals surface area contributed by atoms with Crippen LogP contribution in [0, 0.1) is 0 Å². The molecule has 0 saturated carbocycles. The number of carbonyl (C=O) groups excluding carboxylic acids is 2. The van der Waals surface area contributed by atoms with Gasteiger partial charge in [0.1, 0.15) is 16.7 Å². The highest BCUT2D eigenvalue weighted by Crippen LogP contribution is 2.32. The number of carbonyl (C=O) groups is 2. The third-order valence-electron chi connectivity index (χ3n) is 3.64. The number of hydrogen-bond acceptors (Lipinski definition) is 6. The molecule has 0 spiro atoms. The minimum absolute atomic E-state index is 0.200. The van der Waals surface area contributed by atoms with Crippen molar-refractivity contribution in [3.63, 3.8) is 0 Å². The number of thiocarbonyl (C=S) groups is 1. The first-order valence-electron chi connectivity index (χ1n) is 7.85. The number of aliphatic carboxylic acids is 1. The van der Waals surface area contributed by atoms with Gasteiger partial charge in [-0.2, -0.15) is 0 Å². The SMILES string of the molecule is O=C([O-])CN1C(=O)/C(=C\c2cccc(OCc3ccc(Cl)cc3)c2)SC1=S. The molecule has 0 atom stereocenters. The van der Waals surface area contributed by atoms with Crippen LogP contribution >= 0.6 is 35.6 Å². The molecular formula is C19H13ClNO4S2-. The third-order valence-corrected chi connectivity index (χ3v) is 5.27. The second-order valence-corrected chi connectivity index (χ2v) is 7.74. The van der Waals surface area contributed by atoms with Crippen LogP contribution in [-0.4, -0.2) is 27.6 Å². The van der Waals surface area contributed by atoms with Gasteiger partial charge < -0.3 is 14.6 Å². The number of carboxylic acid groups (broad SMARTS) is 1. The Morgan fingerprint density at radius 2 is 2.00 bits per heavy atom. The molecule has 0 aliphatic carbocycles. The van der Waals surface area contributed by atoms with E-state index in [9.17, 15) is 14.7 Å². The predicted molar refractivity (Wildman–Crippen MR) is 107 cm³/mol. The van der Waals surface area contributed by atoms with Crippen LogP contribution in [0.5, 0.6) is 5.75 Å². The molecule has 5 nitrogen and oxygen atoms in total. The number of benzene rings is 2. The summed E-state index contributed by atoms with van der Waals surface area (Å²) >= 11 is 12.0. The molecule has 1 fully saturated rings. The second-order valence-electron chi connectivity index (χ2n) is 5.63. The Hall–Kier alpha value is -2.35. The molecule has 2 aromatic rings. The van der Waals surface area contributed by atoms with E-state index in [1.54, 1.807) is 24.3 Å². The number of amides is 1. The fraction of sp³-hybridized carbons (Fsp3) is 0.105. The van der Waals surface area contributed by atoms with Crippen LogP contribution in [0.4, 0.5) is 0 Å². The van der Waals surface area contributed by atoms with Crippen molar-refractivity contribution in [2.24, 2.45) is 0 Å². The maximum atomic E-state index is 12.3. The van der Waals surface area contributed by atoms with E-state index in [1.165, 1.54) is 0 Å². The van der Waals surface area contributed by atoms with Crippen LogP contribution in [-0.2, 0) is 16.2 Å². The molecule has 1 aliphatic heterocycles. The molecular weight excluding hydrogens is 406 g/mol. The smallest absolute Gasteiger partial charge is 0.266 e. The normalized spacial score (nSPS) is 15.4. The van der Waals surface area contributed by atoms with E-state index in [0.717, 1.165) is 27.8 Å². The summed E-state index contributed by atoms with van der Waals surface area (Å²) in [4.78, 5) is 24.4. The number of halogens is 1. The summed E-state index contributed by atoms with van der Waals surface area (Å²) in [7, 11) is 0. The molecule has 0 radical (unpaired) electrons. The summed E-state index contributed by atoms with van der Waals surface area (Å²) in [5.74, 6) is -1.16. The zero-order valence-electron chi connectivity index (χ0n) is 13.9. The van der Waals surface area contributed by atoms with Gasteiger partial charge in [0, 0.05) is 5.02 Å². The van der Waals surface area contributed by atoms with Crippen LogP contribution < -0.4 is 9.84 Å². The quantitative estimate of drug-likeness (QED) is 0.530. The van der Waals surface area contributed by atoms with E-state index in [1.807, 2.05) is 30.3 Å². The monoisotopic (exact) mass is 418 g/mol. The second kappa shape index (κ2) is 8.56. The topological polar surface area (TPSA) is 69.7 Å². The highest BCUT2D eigenvalue weighted by Gasteiger charge is 2.31. The largest absolute Gasteiger partial charge is 0.548 e. The van der Waals surface area contributed by atoms with E-state index in [-0.39, 0.29) is 4.32 Å². The number of nitrogens with zero attached hydrogens (tertiary/aromatic N) is 1. The maximum Gasteiger partial charge on any atom is 0.266 e. The number of ether oxygens (including phenoxy) is 1. The Labute approximate surface area is 170 Å². The molecule has 0 N–H and O–H groups in total. The summed E-state index contributed by atoms with van der Waals surface area (Å²) < 4.78 is 5.97.